The summed E-state index contributed by atoms with van der Waals surface area (Å²) in [6.07, 6.45) is 0. The van der Waals surface area contributed by atoms with Crippen LogP contribution in [-0.4, -0.2) is 30.5 Å². The van der Waals surface area contributed by atoms with Crippen molar-refractivity contribution < 1.29 is 9.53 Å². The van der Waals surface area contributed by atoms with Crippen molar-refractivity contribution >= 4 is 5.91 Å². The zero-order chi connectivity index (χ0) is 10.1. The predicted molar refractivity (Wildman–Crippen MR) is 53.5 cm³/mol. The van der Waals surface area contributed by atoms with Crippen LogP contribution >= 0.6 is 0 Å². The molecule has 0 aliphatic carbocycles. The monoisotopic (exact) mass is 191 g/mol. The number of hydrogen-bond acceptors (Lipinski definition) is 2. The largest absolute Gasteiger partial charge is 0.496 e. The van der Waals surface area contributed by atoms with Gasteiger partial charge in [-0.05, 0) is 19.1 Å². The number of benzene rings is 1. The quantitative estimate of drug-likeness (QED) is 0.663. The van der Waals surface area contributed by atoms with Gasteiger partial charge in [-0.3, -0.25) is 4.79 Å². The Morgan fingerprint density at radius 1 is 1.50 bits per heavy atom. The van der Waals surface area contributed by atoms with E-state index in [2.05, 4.69) is 0 Å². The highest BCUT2D eigenvalue weighted by Gasteiger charge is 2.35. The molecule has 2 rings (SSSR count). The molecule has 74 valence electrons. The number of carbonyl (C=O) groups excluding carboxylic acids is 1. The van der Waals surface area contributed by atoms with Gasteiger partial charge in [-0.15, -0.1) is 0 Å². The molecule has 0 saturated carbocycles. The van der Waals surface area contributed by atoms with Gasteiger partial charge in [0.1, 0.15) is 5.75 Å². The first kappa shape index (κ1) is 9.06. The molecule has 0 spiro atoms. The van der Waals surface area contributed by atoms with Crippen LogP contribution in [0.15, 0.2) is 24.3 Å². The van der Waals surface area contributed by atoms with E-state index >= 15 is 0 Å². The molecule has 0 N–H and O–H groups in total. The van der Waals surface area contributed by atoms with Crippen LogP contribution in [0.5, 0.6) is 5.75 Å². The summed E-state index contributed by atoms with van der Waals surface area (Å²) in [5, 5.41) is 0. The van der Waals surface area contributed by atoms with Gasteiger partial charge in [-0.2, -0.15) is 0 Å². The van der Waals surface area contributed by atoms with E-state index in [1.807, 2.05) is 24.0 Å². The van der Waals surface area contributed by atoms with Crippen LogP contribution in [0.3, 0.4) is 0 Å². The summed E-state index contributed by atoms with van der Waals surface area (Å²) in [5.41, 5.74) is 0.652. The van der Waals surface area contributed by atoms with Gasteiger partial charge < -0.3 is 9.64 Å². The van der Waals surface area contributed by atoms with Crippen LogP contribution in [0.1, 0.15) is 17.3 Å². The van der Waals surface area contributed by atoms with E-state index < -0.39 is 0 Å². The van der Waals surface area contributed by atoms with E-state index in [-0.39, 0.29) is 5.91 Å². The fourth-order valence-corrected chi connectivity index (χ4v) is 1.50. The van der Waals surface area contributed by atoms with Crippen LogP contribution in [0.2, 0.25) is 0 Å². The van der Waals surface area contributed by atoms with E-state index in [1.165, 1.54) is 0 Å². The average Bonchev–Trinajstić information content (AvgIpc) is 2.94. The van der Waals surface area contributed by atoms with Crippen molar-refractivity contribution in [3.8, 4) is 5.75 Å². The zero-order valence-electron chi connectivity index (χ0n) is 8.36. The van der Waals surface area contributed by atoms with Gasteiger partial charge >= 0.3 is 0 Å². The van der Waals surface area contributed by atoms with Gasteiger partial charge in [0.15, 0.2) is 0 Å². The van der Waals surface area contributed by atoms with Crippen molar-refractivity contribution in [1.82, 2.24) is 4.90 Å². The average molecular weight is 191 g/mol. The number of rotatable bonds is 2. The highest BCUT2D eigenvalue weighted by molar-refractivity contribution is 5.98. The molecule has 1 aliphatic heterocycles. The molecule has 0 bridgehead atoms. The first-order valence-electron chi connectivity index (χ1n) is 4.68. The fourth-order valence-electron chi connectivity index (χ4n) is 1.50. The topological polar surface area (TPSA) is 29.3 Å². The van der Waals surface area contributed by atoms with Gasteiger partial charge in [0.25, 0.3) is 5.91 Å². The molecule has 14 heavy (non-hydrogen) atoms. The van der Waals surface area contributed by atoms with Gasteiger partial charge in [-0.25, -0.2) is 0 Å². The van der Waals surface area contributed by atoms with Gasteiger partial charge in [0.05, 0.1) is 12.7 Å². The molecule has 1 unspecified atom stereocenters. The molecule has 1 fully saturated rings. The molecule has 1 atom stereocenters. The third-order valence-corrected chi connectivity index (χ3v) is 2.46. The molecule has 1 amide bonds. The maximum atomic E-state index is 11.8. The Labute approximate surface area is 83.3 Å². The standard InChI is InChI=1S/C11H13NO2/c1-8-7-12(8)11(13)9-5-3-4-6-10(9)14-2/h3-6,8H,7H2,1-2H3. The van der Waals surface area contributed by atoms with Crippen LogP contribution in [-0.2, 0) is 0 Å². The number of ether oxygens (including phenoxy) is 1. The fraction of sp³-hybridized carbons (Fsp3) is 0.364. The number of methoxy groups -OCH3 is 1. The van der Waals surface area contributed by atoms with Crippen LogP contribution in [0, 0.1) is 0 Å². The van der Waals surface area contributed by atoms with Crippen molar-refractivity contribution in [1.29, 1.82) is 0 Å². The lowest BCUT2D eigenvalue weighted by molar-refractivity contribution is 0.0873. The van der Waals surface area contributed by atoms with Gasteiger partial charge in [0.2, 0.25) is 0 Å². The molecule has 0 radical (unpaired) electrons. The number of amides is 1. The second-order valence-corrected chi connectivity index (χ2v) is 3.51. The summed E-state index contributed by atoms with van der Waals surface area (Å²) in [7, 11) is 1.58. The lowest BCUT2D eigenvalue weighted by atomic mass is 10.2. The molecule has 1 aromatic carbocycles. The van der Waals surface area contributed by atoms with Gasteiger partial charge in [-0.1, -0.05) is 12.1 Å². The maximum Gasteiger partial charge on any atom is 0.257 e. The normalized spacial score (nSPS) is 19.3. The molecule has 1 aliphatic rings. The molecule has 1 heterocycles. The Morgan fingerprint density at radius 3 is 2.71 bits per heavy atom. The Morgan fingerprint density at radius 2 is 2.14 bits per heavy atom. The third-order valence-electron chi connectivity index (χ3n) is 2.46. The minimum atomic E-state index is 0.0648. The number of carbonyl (C=O) groups is 1. The minimum Gasteiger partial charge on any atom is -0.496 e. The number of nitrogens with zero attached hydrogens (tertiary/aromatic N) is 1. The zero-order valence-corrected chi connectivity index (χ0v) is 8.36. The highest BCUT2D eigenvalue weighted by Crippen LogP contribution is 2.25. The lowest BCUT2D eigenvalue weighted by Crippen LogP contribution is -2.13. The van der Waals surface area contributed by atoms with Crippen molar-refractivity contribution in [2.75, 3.05) is 13.7 Å². The van der Waals surface area contributed by atoms with Gasteiger partial charge in [0, 0.05) is 12.6 Å². The predicted octanol–water partition coefficient (Wildman–Crippen LogP) is 1.54. The number of hydrogen-bond donors (Lipinski definition) is 0. The first-order valence-corrected chi connectivity index (χ1v) is 4.68. The van der Waals surface area contributed by atoms with Crippen LogP contribution < -0.4 is 4.74 Å². The van der Waals surface area contributed by atoms with E-state index in [1.54, 1.807) is 19.2 Å². The maximum absolute atomic E-state index is 11.8. The summed E-state index contributed by atoms with van der Waals surface area (Å²) >= 11 is 0. The van der Waals surface area contributed by atoms with Crippen molar-refractivity contribution in [2.45, 2.75) is 13.0 Å². The molecular formula is C11H13NO2. The summed E-state index contributed by atoms with van der Waals surface area (Å²) in [5.74, 6) is 0.714. The second kappa shape index (κ2) is 3.33. The van der Waals surface area contributed by atoms with Crippen LogP contribution in [0.25, 0.3) is 0 Å². The third kappa shape index (κ3) is 1.45. The first-order chi connectivity index (χ1) is 6.74. The van der Waals surface area contributed by atoms with E-state index in [0.717, 1.165) is 6.54 Å². The van der Waals surface area contributed by atoms with Crippen LogP contribution in [0.4, 0.5) is 0 Å². The highest BCUT2D eigenvalue weighted by atomic mass is 16.5. The Hall–Kier alpha value is -1.51. The lowest BCUT2D eigenvalue weighted by Gasteiger charge is -2.07. The molecule has 0 aromatic heterocycles. The minimum absolute atomic E-state index is 0.0648. The number of para-hydroxylation sites is 1. The van der Waals surface area contributed by atoms with E-state index in [0.29, 0.717) is 17.4 Å². The second-order valence-electron chi connectivity index (χ2n) is 3.51. The molecule has 1 saturated heterocycles. The molecule has 3 heteroatoms. The summed E-state index contributed by atoms with van der Waals surface area (Å²) < 4.78 is 5.13. The SMILES string of the molecule is COc1ccccc1C(=O)N1CC1C. The molecule has 3 nitrogen and oxygen atoms in total. The smallest absolute Gasteiger partial charge is 0.257 e. The van der Waals surface area contributed by atoms with E-state index in [4.69, 9.17) is 4.74 Å². The Bertz CT molecular complexity index is 362. The summed E-state index contributed by atoms with van der Waals surface area (Å²) in [4.78, 5) is 13.7. The Kier molecular flexibility index (Phi) is 2.15. The molecular weight excluding hydrogens is 178 g/mol. The van der Waals surface area contributed by atoms with Crippen molar-refractivity contribution in [3.63, 3.8) is 0 Å². The summed E-state index contributed by atoms with van der Waals surface area (Å²) in [6.45, 7) is 2.89. The Balaban J connectivity index is 2.26. The van der Waals surface area contributed by atoms with Crippen molar-refractivity contribution in [2.24, 2.45) is 0 Å². The van der Waals surface area contributed by atoms with E-state index in [9.17, 15) is 4.79 Å². The molecule has 1 aromatic rings. The van der Waals surface area contributed by atoms with Crippen molar-refractivity contribution in [3.05, 3.63) is 29.8 Å². The summed E-state index contributed by atoms with van der Waals surface area (Å²) in [6, 6.07) is 7.70.